The number of alkyl halides is 3. The maximum absolute atomic E-state index is 12.4. The zero-order valence-corrected chi connectivity index (χ0v) is 9.37. The molecule has 2 aliphatic rings. The summed E-state index contributed by atoms with van der Waals surface area (Å²) in [7, 11) is 0. The Bertz CT molecular complexity index is 410. The number of piperidine rings is 1. The highest BCUT2D eigenvalue weighted by Gasteiger charge is 2.38. The Labute approximate surface area is 98.2 Å². The van der Waals surface area contributed by atoms with Crippen LogP contribution in [0.15, 0.2) is 24.3 Å². The zero-order chi connectivity index (χ0) is 12.0. The second kappa shape index (κ2) is 3.65. The first-order chi connectivity index (χ1) is 8.04. The van der Waals surface area contributed by atoms with Gasteiger partial charge in [0.2, 0.25) is 0 Å². The van der Waals surface area contributed by atoms with Crippen LogP contribution in [0.2, 0.25) is 0 Å². The van der Waals surface area contributed by atoms with Crippen molar-refractivity contribution in [3.63, 3.8) is 0 Å². The largest absolute Gasteiger partial charge is 0.416 e. The van der Waals surface area contributed by atoms with Gasteiger partial charge in [-0.1, -0.05) is 0 Å². The Morgan fingerprint density at radius 1 is 1.06 bits per heavy atom. The SMILES string of the molecule is FC(F)(F)c1ccc(N2CC3CCC2C3)cc1. The van der Waals surface area contributed by atoms with Crippen molar-refractivity contribution in [2.45, 2.75) is 31.5 Å². The van der Waals surface area contributed by atoms with Crippen LogP contribution in [-0.2, 0) is 6.18 Å². The fraction of sp³-hybridized carbons (Fsp3) is 0.538. The first-order valence-electron chi connectivity index (χ1n) is 5.98. The minimum absolute atomic E-state index is 0.553. The minimum Gasteiger partial charge on any atom is -0.368 e. The second-order valence-corrected chi connectivity index (χ2v) is 5.03. The van der Waals surface area contributed by atoms with E-state index in [0.717, 1.165) is 18.2 Å². The highest BCUT2D eigenvalue weighted by Crippen LogP contribution is 2.40. The van der Waals surface area contributed by atoms with Crippen molar-refractivity contribution in [1.82, 2.24) is 0 Å². The molecule has 0 N–H and O–H groups in total. The molecule has 4 heteroatoms. The molecule has 3 rings (SSSR count). The summed E-state index contributed by atoms with van der Waals surface area (Å²) in [6.45, 7) is 1.01. The molecule has 1 saturated heterocycles. The molecule has 2 fully saturated rings. The molecule has 0 aromatic heterocycles. The van der Waals surface area contributed by atoms with Crippen molar-refractivity contribution in [2.75, 3.05) is 11.4 Å². The van der Waals surface area contributed by atoms with Crippen LogP contribution < -0.4 is 4.90 Å². The lowest BCUT2D eigenvalue weighted by atomic mass is 10.1. The van der Waals surface area contributed by atoms with Crippen LogP contribution in [0.5, 0.6) is 0 Å². The molecule has 1 nitrogen and oxygen atoms in total. The van der Waals surface area contributed by atoms with Gasteiger partial charge in [-0.2, -0.15) is 13.2 Å². The first-order valence-corrected chi connectivity index (χ1v) is 5.98. The maximum atomic E-state index is 12.4. The van der Waals surface area contributed by atoms with E-state index in [1.165, 1.54) is 31.4 Å². The first kappa shape index (κ1) is 10.9. The molecular formula is C13H14F3N. The zero-order valence-electron chi connectivity index (χ0n) is 9.37. The van der Waals surface area contributed by atoms with Gasteiger partial charge in [-0.25, -0.2) is 0 Å². The van der Waals surface area contributed by atoms with E-state index in [0.29, 0.717) is 6.04 Å². The quantitative estimate of drug-likeness (QED) is 0.724. The summed E-state index contributed by atoms with van der Waals surface area (Å²) in [4.78, 5) is 2.26. The third-order valence-electron chi connectivity index (χ3n) is 3.94. The lowest BCUT2D eigenvalue weighted by molar-refractivity contribution is -0.137. The third-order valence-corrected chi connectivity index (χ3v) is 3.94. The number of rotatable bonds is 1. The van der Waals surface area contributed by atoms with Crippen LogP contribution in [-0.4, -0.2) is 12.6 Å². The minimum atomic E-state index is -4.23. The molecule has 1 aliphatic heterocycles. The normalized spacial score (nSPS) is 27.8. The molecule has 1 heterocycles. The number of hydrogen-bond acceptors (Lipinski definition) is 1. The van der Waals surface area contributed by atoms with E-state index in [2.05, 4.69) is 4.90 Å². The molecule has 2 unspecified atom stereocenters. The average Bonchev–Trinajstić information content (AvgIpc) is 2.89. The van der Waals surface area contributed by atoms with E-state index in [1.807, 2.05) is 0 Å². The van der Waals surface area contributed by atoms with E-state index in [-0.39, 0.29) is 0 Å². The second-order valence-electron chi connectivity index (χ2n) is 5.03. The molecule has 17 heavy (non-hydrogen) atoms. The molecule has 1 aromatic rings. The number of nitrogens with zero attached hydrogens (tertiary/aromatic N) is 1. The highest BCUT2D eigenvalue weighted by molar-refractivity contribution is 5.50. The molecule has 2 atom stereocenters. The van der Waals surface area contributed by atoms with Gasteiger partial charge in [0.15, 0.2) is 0 Å². The van der Waals surface area contributed by atoms with Gasteiger partial charge in [0.25, 0.3) is 0 Å². The number of halogens is 3. The van der Waals surface area contributed by atoms with Gasteiger partial charge in [0.1, 0.15) is 0 Å². The fourth-order valence-corrected chi connectivity index (χ4v) is 3.08. The van der Waals surface area contributed by atoms with E-state index >= 15 is 0 Å². The Morgan fingerprint density at radius 3 is 2.24 bits per heavy atom. The highest BCUT2D eigenvalue weighted by atomic mass is 19.4. The molecule has 92 valence electrons. The van der Waals surface area contributed by atoms with Gasteiger partial charge in [-0.15, -0.1) is 0 Å². The lowest BCUT2D eigenvalue weighted by Crippen LogP contribution is -2.31. The topological polar surface area (TPSA) is 3.24 Å². The van der Waals surface area contributed by atoms with Gasteiger partial charge >= 0.3 is 6.18 Å². The molecule has 0 spiro atoms. The average molecular weight is 241 g/mol. The van der Waals surface area contributed by atoms with Crippen molar-refractivity contribution in [1.29, 1.82) is 0 Å². The van der Waals surface area contributed by atoms with Crippen LogP contribution in [0.1, 0.15) is 24.8 Å². The monoisotopic (exact) mass is 241 g/mol. The number of anilines is 1. The molecule has 1 aromatic carbocycles. The van der Waals surface area contributed by atoms with Gasteiger partial charge in [-0.3, -0.25) is 0 Å². The summed E-state index contributed by atoms with van der Waals surface area (Å²) in [5.74, 6) is 0.752. The van der Waals surface area contributed by atoms with Gasteiger partial charge in [0, 0.05) is 18.3 Å². The lowest BCUT2D eigenvalue weighted by Gasteiger charge is -2.29. The van der Waals surface area contributed by atoms with Crippen molar-refractivity contribution >= 4 is 5.69 Å². The van der Waals surface area contributed by atoms with Crippen LogP contribution in [0.25, 0.3) is 0 Å². The smallest absolute Gasteiger partial charge is 0.368 e. The number of hydrogen-bond donors (Lipinski definition) is 0. The van der Waals surface area contributed by atoms with E-state index in [1.54, 1.807) is 12.1 Å². The Hall–Kier alpha value is -1.19. The molecule has 1 saturated carbocycles. The van der Waals surface area contributed by atoms with Crippen molar-refractivity contribution in [3.8, 4) is 0 Å². The summed E-state index contributed by atoms with van der Waals surface area (Å²) in [6.07, 6.45) is -0.558. The summed E-state index contributed by atoms with van der Waals surface area (Å²) < 4.78 is 37.3. The molecule has 1 aliphatic carbocycles. The fourth-order valence-electron chi connectivity index (χ4n) is 3.08. The van der Waals surface area contributed by atoms with Crippen LogP contribution in [0, 0.1) is 5.92 Å². The van der Waals surface area contributed by atoms with Gasteiger partial charge in [-0.05, 0) is 49.4 Å². The van der Waals surface area contributed by atoms with Gasteiger partial charge in [0.05, 0.1) is 5.56 Å². The molecule has 0 amide bonds. The molecule has 2 bridgehead atoms. The Kier molecular flexibility index (Phi) is 2.35. The van der Waals surface area contributed by atoms with Crippen LogP contribution in [0.3, 0.4) is 0 Å². The van der Waals surface area contributed by atoms with E-state index in [9.17, 15) is 13.2 Å². The van der Waals surface area contributed by atoms with E-state index < -0.39 is 11.7 Å². The Morgan fingerprint density at radius 2 is 1.76 bits per heavy atom. The van der Waals surface area contributed by atoms with Crippen molar-refractivity contribution < 1.29 is 13.2 Å². The summed E-state index contributed by atoms with van der Waals surface area (Å²) in [6, 6.07) is 6.12. The summed E-state index contributed by atoms with van der Waals surface area (Å²) in [5, 5.41) is 0. The standard InChI is InChI=1S/C13H14F3N/c14-13(15,16)10-2-5-11(6-3-10)17-8-9-1-4-12(17)7-9/h2-3,5-6,9,12H,1,4,7-8H2. The number of fused-ring (bicyclic) bond motifs is 2. The van der Waals surface area contributed by atoms with Gasteiger partial charge < -0.3 is 4.90 Å². The summed E-state index contributed by atoms with van der Waals surface area (Å²) in [5.41, 5.74) is 0.371. The third kappa shape index (κ3) is 1.90. The predicted molar refractivity (Wildman–Crippen MR) is 59.9 cm³/mol. The molecular weight excluding hydrogens is 227 g/mol. The van der Waals surface area contributed by atoms with Crippen LogP contribution >= 0.6 is 0 Å². The van der Waals surface area contributed by atoms with E-state index in [4.69, 9.17) is 0 Å². The predicted octanol–water partition coefficient (Wildman–Crippen LogP) is 3.69. The van der Waals surface area contributed by atoms with Crippen LogP contribution in [0.4, 0.5) is 18.9 Å². The molecule has 0 radical (unpaired) electrons. The van der Waals surface area contributed by atoms with Crippen molar-refractivity contribution in [3.05, 3.63) is 29.8 Å². The Balaban J connectivity index is 1.81. The number of benzene rings is 1. The summed E-state index contributed by atoms with van der Waals surface area (Å²) >= 11 is 0. The maximum Gasteiger partial charge on any atom is 0.416 e. The van der Waals surface area contributed by atoms with Crippen molar-refractivity contribution in [2.24, 2.45) is 5.92 Å².